The van der Waals surface area contributed by atoms with Crippen LogP contribution in [-0.2, 0) is 9.59 Å². The zero-order chi connectivity index (χ0) is 26.1. The van der Waals surface area contributed by atoms with Crippen LogP contribution in [0.2, 0.25) is 10.0 Å². The van der Waals surface area contributed by atoms with Crippen LogP contribution in [0, 0.1) is 13.8 Å². The number of benzene rings is 3. The van der Waals surface area contributed by atoms with Crippen molar-refractivity contribution in [2.45, 2.75) is 32.9 Å². The van der Waals surface area contributed by atoms with Crippen molar-refractivity contribution in [1.29, 1.82) is 0 Å². The first-order valence-electron chi connectivity index (χ1n) is 11.2. The van der Waals surface area contributed by atoms with Gasteiger partial charge in [0.25, 0.3) is 17.7 Å². The molecular formula is C27H23Cl2N3O4. The molecule has 0 fully saturated rings. The molecule has 0 radical (unpaired) electrons. The van der Waals surface area contributed by atoms with Crippen molar-refractivity contribution in [1.82, 2.24) is 10.2 Å². The number of hydrogen-bond acceptors (Lipinski definition) is 4. The number of para-hydroxylation sites is 1. The van der Waals surface area contributed by atoms with E-state index in [1.165, 1.54) is 25.1 Å². The van der Waals surface area contributed by atoms with Crippen LogP contribution >= 0.6 is 23.2 Å². The molecule has 1 aliphatic rings. The Morgan fingerprint density at radius 3 is 1.97 bits per heavy atom. The van der Waals surface area contributed by atoms with Crippen LogP contribution in [-0.4, -0.2) is 34.6 Å². The summed E-state index contributed by atoms with van der Waals surface area (Å²) in [6.07, 6.45) is 0. The van der Waals surface area contributed by atoms with Gasteiger partial charge in [-0.3, -0.25) is 24.1 Å². The van der Waals surface area contributed by atoms with Gasteiger partial charge in [0.2, 0.25) is 5.91 Å². The van der Waals surface area contributed by atoms with Crippen molar-refractivity contribution < 1.29 is 19.2 Å². The van der Waals surface area contributed by atoms with E-state index < -0.39 is 35.7 Å². The van der Waals surface area contributed by atoms with Crippen LogP contribution in [0.4, 0.5) is 5.69 Å². The lowest BCUT2D eigenvalue weighted by atomic mass is 10.0. The minimum Gasteiger partial charge on any atom is -0.339 e. The van der Waals surface area contributed by atoms with Gasteiger partial charge in [0, 0.05) is 21.3 Å². The summed E-state index contributed by atoms with van der Waals surface area (Å²) < 4.78 is 0. The normalized spacial score (nSPS) is 14.3. The lowest BCUT2D eigenvalue weighted by molar-refractivity contribution is -0.129. The van der Waals surface area contributed by atoms with Crippen LogP contribution in [0.1, 0.15) is 50.4 Å². The van der Waals surface area contributed by atoms with E-state index in [9.17, 15) is 19.2 Å². The smallest absolute Gasteiger partial charge is 0.262 e. The van der Waals surface area contributed by atoms with Gasteiger partial charge in [0.1, 0.15) is 12.1 Å². The van der Waals surface area contributed by atoms with Gasteiger partial charge >= 0.3 is 0 Å². The molecule has 2 unspecified atom stereocenters. The van der Waals surface area contributed by atoms with Crippen LogP contribution in [0.5, 0.6) is 0 Å². The van der Waals surface area contributed by atoms with Gasteiger partial charge in [0.15, 0.2) is 0 Å². The Morgan fingerprint density at radius 2 is 1.42 bits per heavy atom. The highest BCUT2D eigenvalue weighted by atomic mass is 35.5. The zero-order valence-corrected chi connectivity index (χ0v) is 21.3. The van der Waals surface area contributed by atoms with Gasteiger partial charge in [-0.2, -0.15) is 0 Å². The Bertz CT molecular complexity index is 1350. The number of nitrogens with zero attached hydrogens (tertiary/aromatic N) is 1. The van der Waals surface area contributed by atoms with E-state index in [-0.39, 0.29) is 16.1 Å². The fourth-order valence-corrected chi connectivity index (χ4v) is 4.68. The second-order valence-corrected chi connectivity index (χ2v) is 9.41. The number of nitrogens with one attached hydrogen (secondary N) is 2. The number of imide groups is 1. The van der Waals surface area contributed by atoms with Crippen LogP contribution in [0.3, 0.4) is 0 Å². The molecular weight excluding hydrogens is 501 g/mol. The molecule has 0 aromatic heterocycles. The molecule has 4 amide bonds. The van der Waals surface area contributed by atoms with Gasteiger partial charge in [-0.05, 0) is 56.2 Å². The predicted molar refractivity (Wildman–Crippen MR) is 138 cm³/mol. The van der Waals surface area contributed by atoms with Gasteiger partial charge in [0.05, 0.1) is 11.1 Å². The summed E-state index contributed by atoms with van der Waals surface area (Å²) in [5, 5.41) is 6.09. The predicted octanol–water partition coefficient (Wildman–Crippen LogP) is 5.09. The van der Waals surface area contributed by atoms with Gasteiger partial charge in [-0.15, -0.1) is 0 Å². The first-order chi connectivity index (χ1) is 17.1. The van der Waals surface area contributed by atoms with Crippen molar-refractivity contribution in [3.8, 4) is 0 Å². The molecule has 36 heavy (non-hydrogen) atoms. The Balaban J connectivity index is 1.64. The third-order valence-electron chi connectivity index (χ3n) is 6.14. The Morgan fingerprint density at radius 1 is 0.833 bits per heavy atom. The second-order valence-electron chi connectivity index (χ2n) is 8.57. The molecule has 3 aromatic rings. The average molecular weight is 524 g/mol. The maximum Gasteiger partial charge on any atom is 0.262 e. The average Bonchev–Trinajstić information content (AvgIpc) is 3.09. The molecule has 9 heteroatoms. The summed E-state index contributed by atoms with van der Waals surface area (Å²) in [6.45, 7) is 5.15. The minimum atomic E-state index is -1.22. The molecule has 0 saturated heterocycles. The Kier molecular flexibility index (Phi) is 7.15. The van der Waals surface area contributed by atoms with Crippen molar-refractivity contribution in [3.05, 3.63) is 98.5 Å². The van der Waals surface area contributed by atoms with E-state index >= 15 is 0 Å². The number of aryl methyl sites for hydroxylation is 2. The van der Waals surface area contributed by atoms with E-state index in [0.717, 1.165) is 16.0 Å². The molecule has 1 heterocycles. The Hall–Kier alpha value is -3.68. The fraction of sp³-hybridized carbons (Fsp3) is 0.185. The Labute approximate surface area is 218 Å². The highest BCUT2D eigenvalue weighted by molar-refractivity contribution is 6.35. The molecule has 1 aliphatic heterocycles. The minimum absolute atomic E-state index is 0.179. The SMILES string of the molecule is Cc1cccc(C)c1NC(=O)C(NC(=O)C(C)N1C(=O)c2ccccc2C1=O)c1ccc(Cl)cc1Cl. The van der Waals surface area contributed by atoms with E-state index in [1.54, 1.807) is 24.3 Å². The van der Waals surface area contributed by atoms with E-state index in [2.05, 4.69) is 10.6 Å². The number of hydrogen-bond donors (Lipinski definition) is 2. The van der Waals surface area contributed by atoms with Crippen LogP contribution < -0.4 is 10.6 Å². The number of anilines is 1. The molecule has 2 atom stereocenters. The maximum absolute atomic E-state index is 13.5. The number of amides is 4. The third-order valence-corrected chi connectivity index (χ3v) is 6.71. The first kappa shape index (κ1) is 25.4. The molecule has 4 rings (SSSR count). The van der Waals surface area contributed by atoms with Gasteiger partial charge in [-0.25, -0.2) is 0 Å². The molecule has 0 aliphatic carbocycles. The summed E-state index contributed by atoms with van der Waals surface area (Å²) in [7, 11) is 0. The summed E-state index contributed by atoms with van der Waals surface area (Å²) in [4.78, 5) is 53.4. The third kappa shape index (κ3) is 4.72. The number of halogens is 2. The number of fused-ring (bicyclic) bond motifs is 1. The van der Waals surface area contributed by atoms with E-state index in [0.29, 0.717) is 16.3 Å². The van der Waals surface area contributed by atoms with Crippen molar-refractivity contribution in [3.63, 3.8) is 0 Å². The summed E-state index contributed by atoms with van der Waals surface area (Å²) >= 11 is 12.4. The summed E-state index contributed by atoms with van der Waals surface area (Å²) in [5.41, 5.74) is 3.07. The molecule has 0 spiro atoms. The van der Waals surface area contributed by atoms with Crippen molar-refractivity contribution >= 4 is 52.5 Å². The van der Waals surface area contributed by atoms with E-state index in [4.69, 9.17) is 23.2 Å². The van der Waals surface area contributed by atoms with Gasteiger partial charge < -0.3 is 10.6 Å². The standard InChI is InChI=1S/C27H23Cl2N3O4/c1-14-7-6-8-15(2)22(14)30-25(34)23(20-12-11-17(28)13-21(20)29)31-24(33)16(3)32-26(35)18-9-4-5-10-19(18)27(32)36/h4-13,16,23H,1-3H3,(H,30,34)(H,31,33). The molecule has 3 aromatic carbocycles. The quantitative estimate of drug-likeness (QED) is 0.439. The first-order valence-corrected chi connectivity index (χ1v) is 11.9. The zero-order valence-electron chi connectivity index (χ0n) is 19.8. The molecule has 7 nitrogen and oxygen atoms in total. The monoisotopic (exact) mass is 523 g/mol. The highest BCUT2D eigenvalue weighted by Gasteiger charge is 2.41. The van der Waals surface area contributed by atoms with Crippen LogP contribution in [0.25, 0.3) is 0 Å². The van der Waals surface area contributed by atoms with Crippen molar-refractivity contribution in [2.24, 2.45) is 0 Å². The van der Waals surface area contributed by atoms with Crippen LogP contribution in [0.15, 0.2) is 60.7 Å². The number of rotatable bonds is 6. The molecule has 2 N–H and O–H groups in total. The lowest BCUT2D eigenvalue weighted by Gasteiger charge is -2.26. The fourth-order valence-electron chi connectivity index (χ4n) is 4.17. The maximum atomic E-state index is 13.5. The van der Waals surface area contributed by atoms with Crippen molar-refractivity contribution in [2.75, 3.05) is 5.32 Å². The topological polar surface area (TPSA) is 95.6 Å². The highest BCUT2D eigenvalue weighted by Crippen LogP contribution is 2.30. The van der Waals surface area contributed by atoms with Gasteiger partial charge in [-0.1, -0.05) is 59.6 Å². The molecule has 0 saturated carbocycles. The summed E-state index contributed by atoms with van der Waals surface area (Å²) in [5.74, 6) is -2.38. The second kappa shape index (κ2) is 10.1. The summed E-state index contributed by atoms with van der Waals surface area (Å²) in [6, 6.07) is 14.1. The molecule has 184 valence electrons. The van der Waals surface area contributed by atoms with E-state index in [1.807, 2.05) is 32.0 Å². The molecule has 0 bridgehead atoms. The number of carbonyl (C=O) groups excluding carboxylic acids is 4. The largest absolute Gasteiger partial charge is 0.339 e. The number of carbonyl (C=O) groups is 4. The lowest BCUT2D eigenvalue weighted by Crippen LogP contribution is -2.50.